The summed E-state index contributed by atoms with van der Waals surface area (Å²) < 4.78 is 20.7. The quantitative estimate of drug-likeness (QED) is 0.858. The standard InChI is InChI=1S/C12H12FNO4S/c13-7-4-14(10-3-8(16)9(5-15)18-10)12(17)11-6(7)1-2-19-11/h1-2,4,8-10,15-16H,3,5H2/t8-,9-,10-/m1/s1. The molecule has 0 spiro atoms. The minimum atomic E-state index is -0.857. The average molecular weight is 285 g/mol. The van der Waals surface area contributed by atoms with Gasteiger partial charge in [0.05, 0.1) is 12.7 Å². The molecule has 1 aliphatic heterocycles. The van der Waals surface area contributed by atoms with Crippen LogP contribution < -0.4 is 5.56 Å². The maximum Gasteiger partial charge on any atom is 0.270 e. The molecule has 1 saturated heterocycles. The molecule has 3 heterocycles. The van der Waals surface area contributed by atoms with Gasteiger partial charge in [-0.1, -0.05) is 0 Å². The van der Waals surface area contributed by atoms with Gasteiger partial charge < -0.3 is 14.9 Å². The zero-order valence-corrected chi connectivity index (χ0v) is 10.6. The molecule has 5 nitrogen and oxygen atoms in total. The summed E-state index contributed by atoms with van der Waals surface area (Å²) in [6.45, 7) is -0.337. The Morgan fingerprint density at radius 1 is 1.58 bits per heavy atom. The lowest BCUT2D eigenvalue weighted by Crippen LogP contribution is -2.26. The number of rotatable bonds is 2. The number of hydrogen-bond acceptors (Lipinski definition) is 5. The smallest absolute Gasteiger partial charge is 0.270 e. The van der Waals surface area contributed by atoms with Gasteiger partial charge in [0.1, 0.15) is 22.8 Å². The first-order chi connectivity index (χ1) is 9.11. The van der Waals surface area contributed by atoms with E-state index in [1.54, 1.807) is 11.4 Å². The van der Waals surface area contributed by atoms with Crippen LogP contribution in [0.15, 0.2) is 22.4 Å². The third-order valence-electron chi connectivity index (χ3n) is 3.30. The Hall–Kier alpha value is -1.28. The highest BCUT2D eigenvalue weighted by molar-refractivity contribution is 7.17. The molecule has 2 N–H and O–H groups in total. The highest BCUT2D eigenvalue weighted by Gasteiger charge is 2.35. The summed E-state index contributed by atoms with van der Waals surface area (Å²) in [4.78, 5) is 12.2. The number of aliphatic hydroxyl groups excluding tert-OH is 2. The number of aliphatic hydroxyl groups is 2. The van der Waals surface area contributed by atoms with Crippen LogP contribution in [0, 0.1) is 5.82 Å². The van der Waals surface area contributed by atoms with Crippen LogP contribution in [0.2, 0.25) is 0 Å². The van der Waals surface area contributed by atoms with Gasteiger partial charge in [-0.2, -0.15) is 0 Å². The van der Waals surface area contributed by atoms with Gasteiger partial charge in [-0.3, -0.25) is 9.36 Å². The number of hydrogen-bond donors (Lipinski definition) is 2. The number of ether oxygens (including phenoxy) is 1. The Kier molecular flexibility index (Phi) is 3.14. The van der Waals surface area contributed by atoms with Crippen LogP contribution in [0.5, 0.6) is 0 Å². The fourth-order valence-corrected chi connectivity index (χ4v) is 3.13. The SMILES string of the molecule is O=c1c2sccc2c(F)cn1[C@H]1C[C@@H](O)[C@@H](CO)O1. The predicted octanol–water partition coefficient (Wildman–Crippen LogP) is 0.843. The Labute approximate surface area is 111 Å². The third kappa shape index (κ3) is 1.99. The van der Waals surface area contributed by atoms with Crippen LogP contribution in [0.1, 0.15) is 12.6 Å². The van der Waals surface area contributed by atoms with Gasteiger partial charge in [-0.15, -0.1) is 11.3 Å². The fraction of sp³-hybridized carbons (Fsp3) is 0.417. The van der Waals surface area contributed by atoms with Gasteiger partial charge in [0, 0.05) is 18.0 Å². The molecule has 0 bridgehead atoms. The lowest BCUT2D eigenvalue weighted by Gasteiger charge is -2.15. The molecule has 19 heavy (non-hydrogen) atoms. The summed E-state index contributed by atoms with van der Waals surface area (Å²) in [5, 5.41) is 20.6. The highest BCUT2D eigenvalue weighted by atomic mass is 32.1. The molecule has 0 unspecified atom stereocenters. The number of nitrogens with zero attached hydrogens (tertiary/aromatic N) is 1. The predicted molar refractivity (Wildman–Crippen MR) is 67.7 cm³/mol. The zero-order valence-electron chi connectivity index (χ0n) is 9.82. The van der Waals surface area contributed by atoms with E-state index in [9.17, 15) is 14.3 Å². The van der Waals surface area contributed by atoms with E-state index >= 15 is 0 Å². The molecule has 3 rings (SSSR count). The largest absolute Gasteiger partial charge is 0.394 e. The van der Waals surface area contributed by atoms with Gasteiger partial charge in [0.15, 0.2) is 0 Å². The van der Waals surface area contributed by atoms with E-state index in [0.717, 1.165) is 10.8 Å². The Balaban J connectivity index is 2.07. The number of fused-ring (bicyclic) bond motifs is 1. The van der Waals surface area contributed by atoms with Crippen molar-refractivity contribution in [1.29, 1.82) is 0 Å². The van der Waals surface area contributed by atoms with Crippen molar-refractivity contribution < 1.29 is 19.3 Å². The topological polar surface area (TPSA) is 71.7 Å². The Morgan fingerprint density at radius 3 is 3.05 bits per heavy atom. The van der Waals surface area contributed by atoms with Crippen LogP contribution in [0.4, 0.5) is 4.39 Å². The van der Waals surface area contributed by atoms with Gasteiger partial charge in [-0.25, -0.2) is 4.39 Å². The van der Waals surface area contributed by atoms with Crippen molar-refractivity contribution in [3.8, 4) is 0 Å². The van der Waals surface area contributed by atoms with Crippen molar-refractivity contribution >= 4 is 21.4 Å². The maximum absolute atomic E-state index is 13.9. The molecular formula is C12H12FNO4S. The first kappa shape index (κ1) is 12.7. The molecular weight excluding hydrogens is 273 g/mol. The third-order valence-corrected chi connectivity index (χ3v) is 4.20. The molecule has 1 aliphatic rings. The van der Waals surface area contributed by atoms with E-state index in [0.29, 0.717) is 10.1 Å². The van der Waals surface area contributed by atoms with Gasteiger partial charge >= 0.3 is 0 Å². The number of thiophene rings is 1. The summed E-state index contributed by atoms with van der Waals surface area (Å²) >= 11 is 1.17. The van der Waals surface area contributed by atoms with Crippen molar-refractivity contribution in [2.75, 3.05) is 6.61 Å². The van der Waals surface area contributed by atoms with E-state index in [1.165, 1.54) is 11.3 Å². The van der Waals surface area contributed by atoms with Crippen LogP contribution in [-0.4, -0.2) is 33.6 Å². The molecule has 7 heteroatoms. The minimum absolute atomic E-state index is 0.154. The maximum atomic E-state index is 13.9. The molecule has 0 aliphatic carbocycles. The lowest BCUT2D eigenvalue weighted by molar-refractivity contribution is -0.0455. The molecule has 0 amide bonds. The van der Waals surface area contributed by atoms with E-state index in [4.69, 9.17) is 9.84 Å². The van der Waals surface area contributed by atoms with E-state index in [1.807, 2.05) is 0 Å². The monoisotopic (exact) mass is 285 g/mol. The summed E-state index contributed by atoms with van der Waals surface area (Å²) in [6.07, 6.45) is -1.10. The van der Waals surface area contributed by atoms with E-state index in [-0.39, 0.29) is 18.6 Å². The number of halogens is 1. The molecule has 2 aromatic heterocycles. The summed E-state index contributed by atoms with van der Waals surface area (Å²) in [5.74, 6) is -0.499. The first-order valence-electron chi connectivity index (χ1n) is 5.84. The summed E-state index contributed by atoms with van der Waals surface area (Å²) in [5.41, 5.74) is -0.345. The van der Waals surface area contributed by atoms with Crippen LogP contribution in [0.3, 0.4) is 0 Å². The average Bonchev–Trinajstić information content (AvgIpc) is 3.00. The zero-order chi connectivity index (χ0) is 13.6. The van der Waals surface area contributed by atoms with Crippen LogP contribution >= 0.6 is 11.3 Å². The molecule has 0 saturated carbocycles. The van der Waals surface area contributed by atoms with Crippen molar-refractivity contribution in [2.45, 2.75) is 24.9 Å². The van der Waals surface area contributed by atoms with Gasteiger partial charge in [-0.05, 0) is 11.4 Å². The first-order valence-corrected chi connectivity index (χ1v) is 6.72. The second-order valence-electron chi connectivity index (χ2n) is 4.47. The van der Waals surface area contributed by atoms with Crippen molar-refractivity contribution in [2.24, 2.45) is 0 Å². The molecule has 3 atom stereocenters. The lowest BCUT2D eigenvalue weighted by atomic mass is 10.2. The Bertz CT molecular complexity index is 667. The fourth-order valence-electron chi connectivity index (χ4n) is 2.29. The van der Waals surface area contributed by atoms with Gasteiger partial charge in [0.2, 0.25) is 0 Å². The van der Waals surface area contributed by atoms with Crippen LogP contribution in [0.25, 0.3) is 10.1 Å². The minimum Gasteiger partial charge on any atom is -0.394 e. The van der Waals surface area contributed by atoms with E-state index in [2.05, 4.69) is 0 Å². The number of pyridine rings is 1. The van der Waals surface area contributed by atoms with Crippen molar-refractivity contribution in [3.63, 3.8) is 0 Å². The summed E-state index contributed by atoms with van der Waals surface area (Å²) in [6, 6.07) is 1.56. The van der Waals surface area contributed by atoms with Crippen molar-refractivity contribution in [1.82, 2.24) is 4.57 Å². The van der Waals surface area contributed by atoms with Crippen LogP contribution in [-0.2, 0) is 4.74 Å². The Morgan fingerprint density at radius 2 is 2.37 bits per heavy atom. The normalized spacial score (nSPS) is 27.2. The molecule has 2 aromatic rings. The van der Waals surface area contributed by atoms with E-state index < -0.39 is 24.3 Å². The molecule has 0 aromatic carbocycles. The second-order valence-corrected chi connectivity index (χ2v) is 5.38. The molecule has 1 fully saturated rings. The molecule has 102 valence electrons. The second kappa shape index (κ2) is 4.68. The summed E-state index contributed by atoms with van der Waals surface area (Å²) in [7, 11) is 0. The number of aromatic nitrogens is 1. The van der Waals surface area contributed by atoms with Crippen molar-refractivity contribution in [3.05, 3.63) is 33.8 Å². The van der Waals surface area contributed by atoms with Gasteiger partial charge in [0.25, 0.3) is 5.56 Å². The molecule has 0 radical (unpaired) electrons. The highest BCUT2D eigenvalue weighted by Crippen LogP contribution is 2.29.